The number of pyridine rings is 1. The Balaban J connectivity index is 2.25. The van der Waals surface area contributed by atoms with Gasteiger partial charge in [0.15, 0.2) is 5.82 Å². The zero-order valence-corrected chi connectivity index (χ0v) is 8.66. The standard InChI is InChI=1S/C11H7N5O/c17-11-7-5-13-10(8-3-1-2-4-12-8)15-9(7)6-14-16-11/h1-6H,(H,16,17). The minimum absolute atomic E-state index is 0.296. The van der Waals surface area contributed by atoms with Crippen LogP contribution in [0.2, 0.25) is 0 Å². The fourth-order valence-corrected chi connectivity index (χ4v) is 1.50. The molecule has 0 aliphatic carbocycles. The lowest BCUT2D eigenvalue weighted by Gasteiger charge is -1.99. The third-order valence-electron chi connectivity index (χ3n) is 2.31. The maximum absolute atomic E-state index is 11.4. The van der Waals surface area contributed by atoms with Crippen LogP contribution in [-0.4, -0.2) is 25.1 Å². The van der Waals surface area contributed by atoms with Crippen LogP contribution in [0.3, 0.4) is 0 Å². The second-order valence-electron chi connectivity index (χ2n) is 3.41. The topological polar surface area (TPSA) is 84.4 Å². The molecule has 0 spiro atoms. The van der Waals surface area contributed by atoms with Gasteiger partial charge >= 0.3 is 0 Å². The fourth-order valence-electron chi connectivity index (χ4n) is 1.50. The average Bonchev–Trinajstić information content (AvgIpc) is 2.40. The van der Waals surface area contributed by atoms with Crippen LogP contribution in [0.15, 0.2) is 41.6 Å². The number of nitrogens with one attached hydrogen (secondary N) is 1. The number of fused-ring (bicyclic) bond motifs is 1. The first-order valence-corrected chi connectivity index (χ1v) is 4.96. The summed E-state index contributed by atoms with van der Waals surface area (Å²) < 4.78 is 0. The van der Waals surface area contributed by atoms with Crippen molar-refractivity contribution in [2.45, 2.75) is 0 Å². The Bertz CT molecular complexity index is 723. The monoisotopic (exact) mass is 225 g/mol. The SMILES string of the molecule is O=c1[nH]ncc2nc(-c3ccccn3)ncc12. The van der Waals surface area contributed by atoms with E-state index in [1.807, 2.05) is 18.2 Å². The second-order valence-corrected chi connectivity index (χ2v) is 3.41. The van der Waals surface area contributed by atoms with Crippen LogP contribution in [0.4, 0.5) is 0 Å². The normalized spacial score (nSPS) is 10.6. The van der Waals surface area contributed by atoms with E-state index in [4.69, 9.17) is 0 Å². The Hall–Kier alpha value is -2.63. The molecule has 3 rings (SSSR count). The van der Waals surface area contributed by atoms with Crippen LogP contribution < -0.4 is 5.56 Å². The van der Waals surface area contributed by atoms with E-state index in [1.54, 1.807) is 6.20 Å². The molecule has 17 heavy (non-hydrogen) atoms. The van der Waals surface area contributed by atoms with Crippen LogP contribution in [0.25, 0.3) is 22.4 Å². The minimum Gasteiger partial charge on any atom is -0.267 e. The molecule has 0 aliphatic rings. The molecule has 0 unspecified atom stereocenters. The summed E-state index contributed by atoms with van der Waals surface area (Å²) >= 11 is 0. The Morgan fingerprint density at radius 1 is 1.12 bits per heavy atom. The largest absolute Gasteiger partial charge is 0.275 e. The highest BCUT2D eigenvalue weighted by Gasteiger charge is 2.05. The zero-order chi connectivity index (χ0) is 11.7. The molecule has 0 amide bonds. The summed E-state index contributed by atoms with van der Waals surface area (Å²) in [4.78, 5) is 23.9. The van der Waals surface area contributed by atoms with E-state index < -0.39 is 0 Å². The summed E-state index contributed by atoms with van der Waals surface area (Å²) in [6.07, 6.45) is 4.64. The number of hydrogen-bond donors (Lipinski definition) is 1. The van der Waals surface area contributed by atoms with E-state index in [-0.39, 0.29) is 5.56 Å². The predicted octanol–water partition coefficient (Wildman–Crippen LogP) is 0.775. The number of aromatic amines is 1. The Labute approximate surface area is 95.4 Å². The van der Waals surface area contributed by atoms with Gasteiger partial charge in [-0.25, -0.2) is 15.1 Å². The average molecular weight is 225 g/mol. The van der Waals surface area contributed by atoms with Crippen molar-refractivity contribution in [3.05, 3.63) is 47.1 Å². The smallest absolute Gasteiger partial charge is 0.267 e. The highest BCUT2D eigenvalue weighted by molar-refractivity contribution is 5.76. The van der Waals surface area contributed by atoms with E-state index >= 15 is 0 Å². The van der Waals surface area contributed by atoms with Gasteiger partial charge in [0.05, 0.1) is 11.6 Å². The molecule has 0 bridgehead atoms. The van der Waals surface area contributed by atoms with Gasteiger partial charge < -0.3 is 0 Å². The highest BCUT2D eigenvalue weighted by Crippen LogP contribution is 2.12. The van der Waals surface area contributed by atoms with E-state index in [2.05, 4.69) is 25.1 Å². The van der Waals surface area contributed by atoms with Crippen molar-refractivity contribution in [3.8, 4) is 11.5 Å². The Morgan fingerprint density at radius 2 is 2.06 bits per heavy atom. The highest BCUT2D eigenvalue weighted by atomic mass is 16.1. The molecule has 6 heteroatoms. The fraction of sp³-hybridized carbons (Fsp3) is 0. The molecule has 0 saturated heterocycles. The van der Waals surface area contributed by atoms with Crippen LogP contribution in [0.1, 0.15) is 0 Å². The second kappa shape index (κ2) is 3.75. The number of rotatable bonds is 1. The van der Waals surface area contributed by atoms with Gasteiger partial charge in [0, 0.05) is 12.4 Å². The molecule has 0 fully saturated rings. The van der Waals surface area contributed by atoms with Crippen LogP contribution in [0, 0.1) is 0 Å². The molecule has 0 atom stereocenters. The van der Waals surface area contributed by atoms with Crippen LogP contribution in [-0.2, 0) is 0 Å². The van der Waals surface area contributed by atoms with Gasteiger partial charge in [-0.3, -0.25) is 9.78 Å². The molecule has 0 radical (unpaired) electrons. The zero-order valence-electron chi connectivity index (χ0n) is 8.66. The van der Waals surface area contributed by atoms with Crippen molar-refractivity contribution >= 4 is 10.9 Å². The lowest BCUT2D eigenvalue weighted by atomic mass is 10.3. The summed E-state index contributed by atoms with van der Waals surface area (Å²) in [7, 11) is 0. The predicted molar refractivity (Wildman–Crippen MR) is 61.2 cm³/mol. The van der Waals surface area contributed by atoms with Crippen molar-refractivity contribution in [2.75, 3.05) is 0 Å². The van der Waals surface area contributed by atoms with Crippen molar-refractivity contribution in [3.63, 3.8) is 0 Å². The molecule has 3 aromatic heterocycles. The van der Waals surface area contributed by atoms with Crippen molar-refractivity contribution in [1.29, 1.82) is 0 Å². The van der Waals surface area contributed by atoms with E-state index in [0.717, 1.165) is 0 Å². The molecule has 3 heterocycles. The molecule has 0 aromatic carbocycles. The molecular formula is C11H7N5O. The first-order chi connectivity index (χ1) is 8.34. The minimum atomic E-state index is -0.296. The summed E-state index contributed by atoms with van der Waals surface area (Å²) in [5, 5.41) is 6.45. The molecule has 0 aliphatic heterocycles. The summed E-state index contributed by atoms with van der Waals surface area (Å²) in [5.41, 5.74) is 0.870. The number of aromatic nitrogens is 5. The molecule has 82 valence electrons. The van der Waals surface area contributed by atoms with Gasteiger partial charge in [0.2, 0.25) is 0 Å². The number of nitrogens with zero attached hydrogens (tertiary/aromatic N) is 4. The maximum atomic E-state index is 11.4. The van der Waals surface area contributed by atoms with E-state index in [0.29, 0.717) is 22.4 Å². The Morgan fingerprint density at radius 3 is 2.88 bits per heavy atom. The lowest BCUT2D eigenvalue weighted by Crippen LogP contribution is -2.09. The van der Waals surface area contributed by atoms with Crippen molar-refractivity contribution in [2.24, 2.45) is 0 Å². The number of hydrogen-bond acceptors (Lipinski definition) is 5. The molecule has 1 N–H and O–H groups in total. The molecular weight excluding hydrogens is 218 g/mol. The Kier molecular flexibility index (Phi) is 2.11. The molecule has 3 aromatic rings. The van der Waals surface area contributed by atoms with Gasteiger partial charge in [-0.15, -0.1) is 0 Å². The van der Waals surface area contributed by atoms with Gasteiger partial charge in [-0.1, -0.05) is 6.07 Å². The summed E-state index contributed by atoms with van der Waals surface area (Å²) in [6, 6.07) is 5.48. The summed E-state index contributed by atoms with van der Waals surface area (Å²) in [5.74, 6) is 0.477. The molecule has 6 nitrogen and oxygen atoms in total. The number of H-pyrrole nitrogens is 1. The quantitative estimate of drug-likeness (QED) is 0.661. The van der Waals surface area contributed by atoms with Gasteiger partial charge in [0.25, 0.3) is 5.56 Å². The third kappa shape index (κ3) is 1.65. The van der Waals surface area contributed by atoms with Gasteiger partial charge in [-0.2, -0.15) is 5.10 Å². The lowest BCUT2D eigenvalue weighted by molar-refractivity contribution is 0.999. The maximum Gasteiger partial charge on any atom is 0.275 e. The van der Waals surface area contributed by atoms with E-state index in [1.165, 1.54) is 12.4 Å². The first kappa shape index (κ1) is 9.59. The summed E-state index contributed by atoms with van der Waals surface area (Å²) in [6.45, 7) is 0. The van der Waals surface area contributed by atoms with Crippen molar-refractivity contribution < 1.29 is 0 Å². The third-order valence-corrected chi connectivity index (χ3v) is 2.31. The molecule has 0 saturated carbocycles. The van der Waals surface area contributed by atoms with Crippen molar-refractivity contribution in [1.82, 2.24) is 25.1 Å². The van der Waals surface area contributed by atoms with Gasteiger partial charge in [-0.05, 0) is 12.1 Å². The van der Waals surface area contributed by atoms with Gasteiger partial charge in [0.1, 0.15) is 11.2 Å². The van der Waals surface area contributed by atoms with E-state index in [9.17, 15) is 4.79 Å². The van der Waals surface area contributed by atoms with Crippen LogP contribution >= 0.6 is 0 Å². The first-order valence-electron chi connectivity index (χ1n) is 4.96. The van der Waals surface area contributed by atoms with Crippen LogP contribution in [0.5, 0.6) is 0 Å².